The largest absolute Gasteiger partial charge is 0.462 e. The van der Waals surface area contributed by atoms with Gasteiger partial charge in [-0.2, -0.15) is 0 Å². The standard InChI is InChI=1S/C51H91NO2/c1-5-7-11-20-42-32-46(42)36-48-34-44(48)30-40-26-38(27-40)18-13-9-15-22-50(54-51(53)24-17-25-52(3)4)23-16-10-14-19-39-28-41(29-39)31-45-35-49(45)37-47-33-43(47)21-12-8-6-2/h38-50H,5-37H2,1-4H3. The summed E-state index contributed by atoms with van der Waals surface area (Å²) < 4.78 is 6.14. The van der Waals surface area contributed by atoms with Crippen LogP contribution in [-0.2, 0) is 9.53 Å². The molecule has 3 nitrogen and oxygen atoms in total. The van der Waals surface area contributed by atoms with Gasteiger partial charge >= 0.3 is 5.97 Å². The molecule has 8 unspecified atom stereocenters. The molecule has 312 valence electrons. The van der Waals surface area contributed by atoms with Gasteiger partial charge in [-0.1, -0.05) is 104 Å². The van der Waals surface area contributed by atoms with Crippen LogP contribution in [0.5, 0.6) is 0 Å². The van der Waals surface area contributed by atoms with Crippen molar-refractivity contribution in [1.82, 2.24) is 4.90 Å². The van der Waals surface area contributed by atoms with Crippen LogP contribution in [0.3, 0.4) is 0 Å². The van der Waals surface area contributed by atoms with Gasteiger partial charge in [0, 0.05) is 6.42 Å². The minimum absolute atomic E-state index is 0.0477. The summed E-state index contributed by atoms with van der Waals surface area (Å²) in [6, 6.07) is 0. The summed E-state index contributed by atoms with van der Waals surface area (Å²) in [6.45, 7) is 5.63. The lowest BCUT2D eigenvalue weighted by Gasteiger charge is -2.36. The monoisotopic (exact) mass is 750 g/mol. The van der Waals surface area contributed by atoms with Crippen molar-refractivity contribution in [3.8, 4) is 0 Å². The second kappa shape index (κ2) is 22.5. The van der Waals surface area contributed by atoms with Crippen LogP contribution in [0.2, 0.25) is 0 Å². The first kappa shape index (κ1) is 43.0. The van der Waals surface area contributed by atoms with Crippen molar-refractivity contribution in [1.29, 1.82) is 0 Å². The lowest BCUT2D eigenvalue weighted by molar-refractivity contribution is -0.150. The Morgan fingerprint density at radius 1 is 0.481 bits per heavy atom. The van der Waals surface area contributed by atoms with Crippen molar-refractivity contribution in [2.75, 3.05) is 20.6 Å². The normalized spacial score (nSPS) is 35.4. The zero-order valence-corrected chi connectivity index (χ0v) is 36.6. The predicted molar refractivity (Wildman–Crippen MR) is 229 cm³/mol. The molecule has 54 heavy (non-hydrogen) atoms. The summed E-state index contributed by atoms with van der Waals surface area (Å²) in [7, 11) is 4.18. The topological polar surface area (TPSA) is 29.5 Å². The quantitative estimate of drug-likeness (QED) is 0.0494. The van der Waals surface area contributed by atoms with Gasteiger partial charge in [0.15, 0.2) is 0 Å². The Hall–Kier alpha value is -0.570. The fourth-order valence-corrected chi connectivity index (χ4v) is 12.2. The summed E-state index contributed by atoms with van der Waals surface area (Å²) in [4.78, 5) is 14.9. The molecule has 0 bridgehead atoms. The van der Waals surface area contributed by atoms with Crippen molar-refractivity contribution in [2.24, 2.45) is 71.0 Å². The molecule has 6 aliphatic carbocycles. The van der Waals surface area contributed by atoms with Crippen LogP contribution in [0.25, 0.3) is 0 Å². The van der Waals surface area contributed by atoms with E-state index in [1.54, 1.807) is 51.4 Å². The Morgan fingerprint density at radius 2 is 0.907 bits per heavy atom. The van der Waals surface area contributed by atoms with Gasteiger partial charge < -0.3 is 9.64 Å². The lowest BCUT2D eigenvalue weighted by Crippen LogP contribution is -2.24. The molecule has 3 heteroatoms. The smallest absolute Gasteiger partial charge is 0.306 e. The van der Waals surface area contributed by atoms with Crippen LogP contribution in [0.15, 0.2) is 0 Å². The van der Waals surface area contributed by atoms with E-state index in [2.05, 4.69) is 32.8 Å². The number of carbonyl (C=O) groups excluding carboxylic acids is 1. The van der Waals surface area contributed by atoms with Crippen LogP contribution < -0.4 is 0 Å². The van der Waals surface area contributed by atoms with Gasteiger partial charge in [0.05, 0.1) is 0 Å². The number of ether oxygens (including phenoxy) is 1. The van der Waals surface area contributed by atoms with E-state index in [0.717, 1.165) is 96.8 Å². The average molecular weight is 750 g/mol. The maximum atomic E-state index is 12.7. The first-order valence-corrected chi connectivity index (χ1v) is 25.2. The van der Waals surface area contributed by atoms with Gasteiger partial charge in [0.2, 0.25) is 0 Å². The maximum absolute atomic E-state index is 12.7. The maximum Gasteiger partial charge on any atom is 0.306 e. The highest BCUT2D eigenvalue weighted by atomic mass is 16.5. The van der Waals surface area contributed by atoms with E-state index < -0.39 is 0 Å². The summed E-state index contributed by atoms with van der Waals surface area (Å²) in [5.41, 5.74) is 0. The van der Waals surface area contributed by atoms with Crippen molar-refractivity contribution in [2.45, 2.75) is 225 Å². The number of hydrogen-bond donors (Lipinski definition) is 0. The van der Waals surface area contributed by atoms with Gasteiger partial charge in [0.1, 0.15) is 6.10 Å². The molecule has 8 atom stereocenters. The summed E-state index contributed by atoms with van der Waals surface area (Å²) in [5, 5.41) is 0. The number of unbranched alkanes of at least 4 members (excludes halogenated alkanes) is 8. The van der Waals surface area contributed by atoms with Gasteiger partial charge in [-0.15, -0.1) is 0 Å². The van der Waals surface area contributed by atoms with Gasteiger partial charge in [-0.3, -0.25) is 4.79 Å². The molecule has 0 N–H and O–H groups in total. The van der Waals surface area contributed by atoms with Crippen LogP contribution in [0.1, 0.15) is 219 Å². The molecule has 0 radical (unpaired) electrons. The van der Waals surface area contributed by atoms with Crippen LogP contribution >= 0.6 is 0 Å². The molecule has 0 spiro atoms. The molecule has 0 aliphatic heterocycles. The molecule has 6 aliphatic rings. The lowest BCUT2D eigenvalue weighted by atomic mass is 9.70. The SMILES string of the molecule is CCCCCC1CC1CC1CC1CC1CC(CCCCCC(CCCCCC2CC(CC3CC3CC3CC3CCCCC)C2)OC(=O)CCCN(C)C)C1. The Morgan fingerprint density at radius 3 is 1.37 bits per heavy atom. The first-order valence-electron chi connectivity index (χ1n) is 25.2. The number of esters is 1. The molecule has 0 aromatic heterocycles. The van der Waals surface area contributed by atoms with E-state index in [-0.39, 0.29) is 12.1 Å². The number of carbonyl (C=O) groups is 1. The van der Waals surface area contributed by atoms with E-state index in [1.807, 2.05) is 0 Å². The van der Waals surface area contributed by atoms with Crippen LogP contribution in [0.4, 0.5) is 0 Å². The third kappa shape index (κ3) is 15.6. The third-order valence-electron chi connectivity index (χ3n) is 16.3. The minimum Gasteiger partial charge on any atom is -0.462 e. The second-order valence-electron chi connectivity index (χ2n) is 21.7. The molecule has 0 saturated heterocycles. The molecule has 0 heterocycles. The number of nitrogens with zero attached hydrogens (tertiary/aromatic N) is 1. The van der Waals surface area contributed by atoms with Crippen LogP contribution in [-0.4, -0.2) is 37.6 Å². The Bertz CT molecular complexity index is 976. The Kier molecular flexibility index (Phi) is 18.0. The molecular weight excluding hydrogens is 659 g/mol. The van der Waals surface area contributed by atoms with E-state index in [4.69, 9.17) is 4.74 Å². The fraction of sp³-hybridized carbons (Fsp3) is 0.980. The number of rotatable bonds is 33. The molecule has 6 saturated carbocycles. The summed E-state index contributed by atoms with van der Waals surface area (Å²) >= 11 is 0. The molecule has 0 aromatic carbocycles. The van der Waals surface area contributed by atoms with Crippen molar-refractivity contribution in [3.05, 3.63) is 0 Å². The molecule has 0 aromatic rings. The van der Waals surface area contributed by atoms with E-state index in [0.29, 0.717) is 6.42 Å². The van der Waals surface area contributed by atoms with E-state index >= 15 is 0 Å². The first-order chi connectivity index (χ1) is 26.4. The Balaban J connectivity index is 0.752. The molecule has 0 amide bonds. The number of hydrogen-bond acceptors (Lipinski definition) is 3. The Labute approximate surface area is 336 Å². The highest BCUT2D eigenvalue weighted by molar-refractivity contribution is 5.69. The predicted octanol–water partition coefficient (Wildman–Crippen LogP) is 14.5. The fourth-order valence-electron chi connectivity index (χ4n) is 12.2. The second-order valence-corrected chi connectivity index (χ2v) is 21.7. The summed E-state index contributed by atoms with van der Waals surface area (Å²) in [5.74, 6) is 13.1. The van der Waals surface area contributed by atoms with Crippen LogP contribution in [0, 0.1) is 71.0 Å². The zero-order valence-electron chi connectivity index (χ0n) is 36.6. The molecular formula is C51H91NO2. The molecule has 6 fully saturated rings. The highest BCUT2D eigenvalue weighted by Gasteiger charge is 2.47. The summed E-state index contributed by atoms with van der Waals surface area (Å²) in [6.07, 6.45) is 45.0. The van der Waals surface area contributed by atoms with Crippen molar-refractivity contribution < 1.29 is 9.53 Å². The van der Waals surface area contributed by atoms with Gasteiger partial charge in [-0.05, 0) is 201 Å². The van der Waals surface area contributed by atoms with Gasteiger partial charge in [-0.25, -0.2) is 0 Å². The third-order valence-corrected chi connectivity index (χ3v) is 16.3. The van der Waals surface area contributed by atoms with Gasteiger partial charge in [0.25, 0.3) is 0 Å². The van der Waals surface area contributed by atoms with Crippen molar-refractivity contribution in [3.63, 3.8) is 0 Å². The highest BCUT2D eigenvalue weighted by Crippen LogP contribution is 2.58. The minimum atomic E-state index is 0.0477. The molecule has 6 rings (SSSR count). The van der Waals surface area contributed by atoms with E-state index in [1.165, 1.54) is 128 Å². The van der Waals surface area contributed by atoms with E-state index in [9.17, 15) is 4.79 Å². The average Bonchev–Trinajstić information content (AvgIpc) is 3.93. The zero-order chi connectivity index (χ0) is 37.7. The van der Waals surface area contributed by atoms with Crippen molar-refractivity contribution >= 4 is 5.97 Å².